The van der Waals surface area contributed by atoms with Gasteiger partial charge in [0.2, 0.25) is 0 Å². The Balaban J connectivity index is 2.73. The Labute approximate surface area is 106 Å². The molecule has 0 aliphatic heterocycles. The largest absolute Gasteiger partial charge is 0.390 e. The van der Waals surface area contributed by atoms with E-state index >= 15 is 0 Å². The van der Waals surface area contributed by atoms with Crippen LogP contribution in [0.15, 0.2) is 12.2 Å². The standard InChI is InChI=1S/C15H28O2/c1-6-17-15(13(16)11-12(2)3)9-7-14(4,5)8-10-15/h13,16H,2,6-11H2,1,3-5H3. The van der Waals surface area contributed by atoms with E-state index in [2.05, 4.69) is 20.4 Å². The van der Waals surface area contributed by atoms with Gasteiger partial charge in [-0.1, -0.05) is 19.4 Å². The van der Waals surface area contributed by atoms with Gasteiger partial charge in [-0.2, -0.15) is 0 Å². The van der Waals surface area contributed by atoms with Crippen LogP contribution in [0.25, 0.3) is 0 Å². The molecule has 0 radical (unpaired) electrons. The second-order valence-corrected chi connectivity index (χ2v) is 6.34. The first-order valence-corrected chi connectivity index (χ1v) is 6.78. The number of hydrogen-bond acceptors (Lipinski definition) is 2. The molecule has 2 nitrogen and oxygen atoms in total. The summed E-state index contributed by atoms with van der Waals surface area (Å²) in [4.78, 5) is 0. The molecular formula is C15H28O2. The molecule has 0 heterocycles. The molecule has 0 aromatic carbocycles. The van der Waals surface area contributed by atoms with Gasteiger partial charge in [0.15, 0.2) is 0 Å². The molecule has 1 fully saturated rings. The van der Waals surface area contributed by atoms with Crippen LogP contribution >= 0.6 is 0 Å². The fourth-order valence-corrected chi connectivity index (χ4v) is 2.73. The molecule has 0 aromatic heterocycles. The number of hydrogen-bond donors (Lipinski definition) is 1. The summed E-state index contributed by atoms with van der Waals surface area (Å²) in [6, 6.07) is 0. The van der Waals surface area contributed by atoms with Crippen molar-refractivity contribution in [2.75, 3.05) is 6.61 Å². The Morgan fingerprint density at radius 1 is 1.29 bits per heavy atom. The predicted molar refractivity (Wildman–Crippen MR) is 72.0 cm³/mol. The molecule has 2 heteroatoms. The molecule has 0 aromatic rings. The third kappa shape index (κ3) is 3.82. The van der Waals surface area contributed by atoms with E-state index in [1.807, 2.05) is 13.8 Å². The van der Waals surface area contributed by atoms with E-state index in [1.54, 1.807) is 0 Å². The van der Waals surface area contributed by atoms with Gasteiger partial charge in [0, 0.05) is 6.61 Å². The lowest BCUT2D eigenvalue weighted by atomic mass is 9.68. The van der Waals surface area contributed by atoms with Gasteiger partial charge in [0.1, 0.15) is 0 Å². The van der Waals surface area contributed by atoms with Gasteiger partial charge >= 0.3 is 0 Å². The molecule has 0 bridgehead atoms. The number of aliphatic hydroxyl groups is 1. The molecule has 100 valence electrons. The first-order chi connectivity index (χ1) is 7.81. The van der Waals surface area contributed by atoms with Crippen molar-refractivity contribution >= 4 is 0 Å². The average Bonchev–Trinajstić information content (AvgIpc) is 2.21. The molecular weight excluding hydrogens is 212 g/mol. The van der Waals surface area contributed by atoms with Gasteiger partial charge in [-0.05, 0) is 51.4 Å². The first-order valence-electron chi connectivity index (χ1n) is 6.78. The van der Waals surface area contributed by atoms with Crippen LogP contribution < -0.4 is 0 Å². The van der Waals surface area contributed by atoms with E-state index in [0.717, 1.165) is 31.3 Å². The summed E-state index contributed by atoms with van der Waals surface area (Å²) in [6.45, 7) is 13.1. The Morgan fingerprint density at radius 2 is 1.82 bits per heavy atom. The zero-order valence-corrected chi connectivity index (χ0v) is 11.9. The van der Waals surface area contributed by atoms with Crippen LogP contribution in [-0.2, 0) is 4.74 Å². The molecule has 1 saturated carbocycles. The molecule has 0 saturated heterocycles. The normalized spacial score (nSPS) is 24.3. The van der Waals surface area contributed by atoms with Crippen LogP contribution in [-0.4, -0.2) is 23.4 Å². The average molecular weight is 240 g/mol. The van der Waals surface area contributed by atoms with Crippen molar-refractivity contribution in [3.63, 3.8) is 0 Å². The first kappa shape index (κ1) is 14.7. The third-order valence-corrected chi connectivity index (χ3v) is 4.03. The van der Waals surface area contributed by atoms with Crippen molar-refractivity contribution in [1.29, 1.82) is 0 Å². The second-order valence-electron chi connectivity index (χ2n) is 6.34. The molecule has 1 rings (SSSR count). The van der Waals surface area contributed by atoms with Crippen LogP contribution in [0.2, 0.25) is 0 Å². The highest BCUT2D eigenvalue weighted by Crippen LogP contribution is 2.44. The maximum atomic E-state index is 10.4. The summed E-state index contributed by atoms with van der Waals surface area (Å²) >= 11 is 0. The molecule has 1 unspecified atom stereocenters. The van der Waals surface area contributed by atoms with Crippen molar-refractivity contribution < 1.29 is 9.84 Å². The number of ether oxygens (including phenoxy) is 1. The highest BCUT2D eigenvalue weighted by Gasteiger charge is 2.43. The van der Waals surface area contributed by atoms with E-state index < -0.39 is 6.10 Å². The Morgan fingerprint density at radius 3 is 2.24 bits per heavy atom. The van der Waals surface area contributed by atoms with Crippen LogP contribution in [0.3, 0.4) is 0 Å². The highest BCUT2D eigenvalue weighted by molar-refractivity contribution is 5.01. The SMILES string of the molecule is C=C(C)CC(O)C1(OCC)CCC(C)(C)CC1. The Hall–Kier alpha value is -0.340. The Kier molecular flexibility index (Phi) is 4.79. The summed E-state index contributed by atoms with van der Waals surface area (Å²) in [6.07, 6.45) is 4.42. The van der Waals surface area contributed by atoms with Gasteiger partial charge in [0.25, 0.3) is 0 Å². The summed E-state index contributed by atoms with van der Waals surface area (Å²) in [5, 5.41) is 10.4. The maximum Gasteiger partial charge on any atom is 0.0943 e. The topological polar surface area (TPSA) is 29.5 Å². The molecule has 17 heavy (non-hydrogen) atoms. The van der Waals surface area contributed by atoms with E-state index in [1.165, 1.54) is 0 Å². The Bertz CT molecular complexity index is 258. The molecule has 1 aliphatic carbocycles. The maximum absolute atomic E-state index is 10.4. The van der Waals surface area contributed by atoms with Crippen LogP contribution in [0, 0.1) is 5.41 Å². The summed E-state index contributed by atoms with van der Waals surface area (Å²) in [5.41, 5.74) is 1.09. The third-order valence-electron chi connectivity index (χ3n) is 4.03. The van der Waals surface area contributed by atoms with Crippen LogP contribution in [0.5, 0.6) is 0 Å². The minimum absolute atomic E-state index is 0.330. The summed E-state index contributed by atoms with van der Waals surface area (Å²) < 4.78 is 5.94. The second kappa shape index (κ2) is 5.53. The van der Waals surface area contributed by atoms with E-state index in [4.69, 9.17) is 4.74 Å². The molecule has 1 N–H and O–H groups in total. The monoisotopic (exact) mass is 240 g/mol. The fourth-order valence-electron chi connectivity index (χ4n) is 2.73. The van der Waals surface area contributed by atoms with E-state index in [-0.39, 0.29) is 5.60 Å². The van der Waals surface area contributed by atoms with E-state index in [0.29, 0.717) is 18.4 Å². The van der Waals surface area contributed by atoms with Gasteiger partial charge in [0.05, 0.1) is 11.7 Å². The summed E-state index contributed by atoms with van der Waals surface area (Å²) in [5.74, 6) is 0. The van der Waals surface area contributed by atoms with Crippen molar-refractivity contribution in [2.45, 2.75) is 71.5 Å². The zero-order valence-electron chi connectivity index (χ0n) is 11.9. The quantitative estimate of drug-likeness (QED) is 0.743. The van der Waals surface area contributed by atoms with Crippen molar-refractivity contribution in [1.82, 2.24) is 0 Å². The number of rotatable bonds is 5. The van der Waals surface area contributed by atoms with Gasteiger partial charge in [-0.3, -0.25) is 0 Å². The molecule has 0 spiro atoms. The minimum atomic E-state index is -0.406. The lowest BCUT2D eigenvalue weighted by Crippen LogP contribution is -2.49. The highest BCUT2D eigenvalue weighted by atomic mass is 16.5. The van der Waals surface area contributed by atoms with Gasteiger partial charge in [-0.15, -0.1) is 6.58 Å². The van der Waals surface area contributed by atoms with E-state index in [9.17, 15) is 5.11 Å². The van der Waals surface area contributed by atoms with Crippen molar-refractivity contribution in [3.8, 4) is 0 Å². The van der Waals surface area contributed by atoms with Gasteiger partial charge < -0.3 is 9.84 Å². The van der Waals surface area contributed by atoms with Crippen molar-refractivity contribution in [3.05, 3.63) is 12.2 Å². The predicted octanol–water partition coefficient (Wildman–Crippen LogP) is 3.69. The lowest BCUT2D eigenvalue weighted by molar-refractivity contribution is -0.150. The molecule has 0 amide bonds. The van der Waals surface area contributed by atoms with Gasteiger partial charge in [-0.25, -0.2) is 0 Å². The number of aliphatic hydroxyl groups excluding tert-OH is 1. The zero-order chi connectivity index (χ0) is 13.1. The lowest BCUT2D eigenvalue weighted by Gasteiger charge is -2.46. The molecule has 1 atom stereocenters. The fraction of sp³-hybridized carbons (Fsp3) is 0.867. The van der Waals surface area contributed by atoms with Crippen LogP contribution in [0.1, 0.15) is 59.8 Å². The van der Waals surface area contributed by atoms with Crippen molar-refractivity contribution in [2.24, 2.45) is 5.41 Å². The van der Waals surface area contributed by atoms with Crippen LogP contribution in [0.4, 0.5) is 0 Å². The molecule has 1 aliphatic rings. The smallest absolute Gasteiger partial charge is 0.0943 e. The summed E-state index contributed by atoms with van der Waals surface area (Å²) in [7, 11) is 0. The minimum Gasteiger partial charge on any atom is -0.390 e.